The van der Waals surface area contributed by atoms with Crippen molar-refractivity contribution in [2.45, 2.75) is 29.9 Å². The van der Waals surface area contributed by atoms with Crippen molar-refractivity contribution in [1.82, 2.24) is 9.88 Å². The molecular weight excluding hydrogens is 320 g/mol. The number of pyridine rings is 1. The van der Waals surface area contributed by atoms with Crippen molar-refractivity contribution in [3.05, 3.63) is 59.9 Å². The summed E-state index contributed by atoms with van der Waals surface area (Å²) >= 11 is 1.88. The highest BCUT2D eigenvalue weighted by atomic mass is 32.2. The van der Waals surface area contributed by atoms with Crippen LogP contribution in [0.4, 0.5) is 0 Å². The molecule has 0 bridgehead atoms. The van der Waals surface area contributed by atoms with E-state index in [0.29, 0.717) is 23.9 Å². The minimum atomic E-state index is -0.465. The van der Waals surface area contributed by atoms with Gasteiger partial charge in [-0.2, -0.15) is 0 Å². The van der Waals surface area contributed by atoms with E-state index in [2.05, 4.69) is 30.1 Å². The van der Waals surface area contributed by atoms with E-state index in [4.69, 9.17) is 0 Å². The van der Waals surface area contributed by atoms with E-state index >= 15 is 0 Å². The molecule has 124 valence electrons. The maximum atomic E-state index is 12.4. The van der Waals surface area contributed by atoms with Crippen LogP contribution in [0.3, 0.4) is 0 Å². The van der Waals surface area contributed by atoms with Crippen molar-refractivity contribution in [3.8, 4) is 0 Å². The normalized spacial score (nSPS) is 15.3. The van der Waals surface area contributed by atoms with Crippen molar-refractivity contribution in [3.63, 3.8) is 0 Å². The standard InChI is InChI=1S/C19H20N2O2S/c1-14-5-2-3-7-17(14)24-16-8-11-21(12-9-16)19(23)18(22)15-6-4-10-20-13-15/h2-7,10,13,16H,8-9,11-12H2,1H3. The Morgan fingerprint density at radius 2 is 1.88 bits per heavy atom. The zero-order valence-electron chi connectivity index (χ0n) is 13.6. The summed E-state index contributed by atoms with van der Waals surface area (Å²) < 4.78 is 0. The number of ketones is 1. The van der Waals surface area contributed by atoms with Crippen LogP contribution in [0.15, 0.2) is 53.7 Å². The molecule has 0 spiro atoms. The van der Waals surface area contributed by atoms with Crippen molar-refractivity contribution in [2.75, 3.05) is 13.1 Å². The average Bonchev–Trinajstić information content (AvgIpc) is 2.64. The molecule has 4 nitrogen and oxygen atoms in total. The molecule has 0 saturated carbocycles. The number of amides is 1. The highest BCUT2D eigenvalue weighted by Gasteiger charge is 2.28. The van der Waals surface area contributed by atoms with Crippen LogP contribution in [-0.2, 0) is 4.79 Å². The van der Waals surface area contributed by atoms with Crippen LogP contribution in [0.5, 0.6) is 0 Å². The minimum Gasteiger partial charge on any atom is -0.336 e. The lowest BCUT2D eigenvalue weighted by atomic mass is 10.1. The number of likely N-dealkylation sites (tertiary alicyclic amines) is 1. The highest BCUT2D eigenvalue weighted by molar-refractivity contribution is 8.00. The number of aromatic nitrogens is 1. The molecular formula is C19H20N2O2S. The number of hydrogen-bond acceptors (Lipinski definition) is 4. The average molecular weight is 340 g/mol. The molecule has 3 rings (SSSR count). The number of rotatable bonds is 4. The summed E-state index contributed by atoms with van der Waals surface area (Å²) in [5.74, 6) is -0.879. The van der Waals surface area contributed by atoms with Crippen molar-refractivity contribution in [1.29, 1.82) is 0 Å². The Morgan fingerprint density at radius 1 is 1.12 bits per heavy atom. The van der Waals surface area contributed by atoms with E-state index in [1.807, 2.05) is 17.8 Å². The van der Waals surface area contributed by atoms with Gasteiger partial charge in [-0.3, -0.25) is 14.6 Å². The molecule has 1 aliphatic heterocycles. The number of aryl methyl sites for hydroxylation is 1. The summed E-state index contributed by atoms with van der Waals surface area (Å²) in [5.41, 5.74) is 1.65. The molecule has 1 fully saturated rings. The Balaban J connectivity index is 1.56. The van der Waals surface area contributed by atoms with Gasteiger partial charge in [0.1, 0.15) is 0 Å². The summed E-state index contributed by atoms with van der Waals surface area (Å²) in [6.07, 6.45) is 4.85. The van der Waals surface area contributed by atoms with E-state index in [1.165, 1.54) is 16.7 Å². The fourth-order valence-electron chi connectivity index (χ4n) is 2.81. The van der Waals surface area contributed by atoms with Gasteiger partial charge in [0.25, 0.3) is 11.7 Å². The Kier molecular flexibility index (Phi) is 5.30. The number of carbonyl (C=O) groups excluding carboxylic acids is 2. The van der Waals surface area contributed by atoms with Crippen LogP contribution in [0.2, 0.25) is 0 Å². The van der Waals surface area contributed by atoms with Gasteiger partial charge in [0.15, 0.2) is 0 Å². The van der Waals surface area contributed by atoms with Gasteiger partial charge >= 0.3 is 0 Å². The number of carbonyl (C=O) groups is 2. The third-order valence-electron chi connectivity index (χ3n) is 4.23. The molecule has 1 saturated heterocycles. The van der Waals surface area contributed by atoms with Gasteiger partial charge in [-0.15, -0.1) is 11.8 Å². The first-order valence-electron chi connectivity index (χ1n) is 8.11. The fraction of sp³-hybridized carbons (Fsp3) is 0.316. The lowest BCUT2D eigenvalue weighted by Gasteiger charge is -2.31. The van der Waals surface area contributed by atoms with Gasteiger partial charge in [-0.1, -0.05) is 18.2 Å². The molecule has 0 radical (unpaired) electrons. The number of hydrogen-bond donors (Lipinski definition) is 0. The molecule has 5 heteroatoms. The topological polar surface area (TPSA) is 50.3 Å². The number of nitrogens with zero attached hydrogens (tertiary/aromatic N) is 2. The summed E-state index contributed by atoms with van der Waals surface area (Å²) in [6, 6.07) is 11.7. The van der Waals surface area contributed by atoms with Gasteiger partial charge in [-0.05, 0) is 43.5 Å². The second kappa shape index (κ2) is 7.62. The number of Topliss-reactive ketones (excluding diaryl/α,β-unsaturated/α-hetero) is 1. The van der Waals surface area contributed by atoms with Crippen LogP contribution in [0.1, 0.15) is 28.8 Å². The van der Waals surface area contributed by atoms with Crippen molar-refractivity contribution < 1.29 is 9.59 Å². The van der Waals surface area contributed by atoms with Gasteiger partial charge in [-0.25, -0.2) is 0 Å². The minimum absolute atomic E-state index is 0.360. The number of thioether (sulfide) groups is 1. The van der Waals surface area contributed by atoms with Crippen molar-refractivity contribution >= 4 is 23.5 Å². The molecule has 1 aliphatic rings. The Labute approximate surface area is 146 Å². The summed E-state index contributed by atoms with van der Waals surface area (Å²) in [5, 5.41) is 0.489. The molecule has 0 atom stereocenters. The third kappa shape index (κ3) is 3.85. The first kappa shape index (κ1) is 16.7. The number of benzene rings is 1. The van der Waals surface area contributed by atoms with E-state index < -0.39 is 11.7 Å². The molecule has 0 unspecified atom stereocenters. The lowest BCUT2D eigenvalue weighted by molar-refractivity contribution is -0.127. The molecule has 1 amide bonds. The van der Waals surface area contributed by atoms with Crippen LogP contribution < -0.4 is 0 Å². The first-order valence-corrected chi connectivity index (χ1v) is 8.99. The SMILES string of the molecule is Cc1ccccc1SC1CCN(C(=O)C(=O)c2cccnc2)CC1. The van der Waals surface area contributed by atoms with Crippen LogP contribution in [-0.4, -0.2) is 39.9 Å². The summed E-state index contributed by atoms with van der Waals surface area (Å²) in [7, 11) is 0. The van der Waals surface area contributed by atoms with Gasteiger partial charge in [0.05, 0.1) is 0 Å². The zero-order valence-corrected chi connectivity index (χ0v) is 14.5. The maximum Gasteiger partial charge on any atom is 0.295 e. The molecule has 1 aromatic carbocycles. The molecule has 1 aromatic heterocycles. The monoisotopic (exact) mass is 340 g/mol. The largest absolute Gasteiger partial charge is 0.336 e. The molecule has 24 heavy (non-hydrogen) atoms. The summed E-state index contributed by atoms with van der Waals surface area (Å²) in [6.45, 7) is 3.39. The van der Waals surface area contributed by atoms with E-state index in [-0.39, 0.29) is 0 Å². The second-order valence-electron chi connectivity index (χ2n) is 5.95. The maximum absolute atomic E-state index is 12.4. The summed E-state index contributed by atoms with van der Waals surface area (Å²) in [4.78, 5) is 31.5. The van der Waals surface area contributed by atoms with E-state index in [1.54, 1.807) is 23.2 Å². The zero-order chi connectivity index (χ0) is 16.9. The molecule has 2 heterocycles. The Bertz CT molecular complexity index is 725. The van der Waals surface area contributed by atoms with E-state index in [9.17, 15) is 9.59 Å². The Hall–Kier alpha value is -2.14. The third-order valence-corrected chi connectivity index (χ3v) is 5.75. The highest BCUT2D eigenvalue weighted by Crippen LogP contribution is 2.32. The van der Waals surface area contributed by atoms with Crippen LogP contribution in [0.25, 0.3) is 0 Å². The predicted octanol–water partition coefficient (Wildman–Crippen LogP) is 3.36. The molecule has 2 aromatic rings. The van der Waals surface area contributed by atoms with E-state index in [0.717, 1.165) is 12.8 Å². The van der Waals surface area contributed by atoms with Gasteiger partial charge in [0.2, 0.25) is 0 Å². The smallest absolute Gasteiger partial charge is 0.295 e. The fourth-order valence-corrected chi connectivity index (χ4v) is 4.03. The quantitative estimate of drug-likeness (QED) is 0.633. The van der Waals surface area contributed by atoms with Gasteiger partial charge in [0, 0.05) is 41.2 Å². The predicted molar refractivity (Wildman–Crippen MR) is 95.2 cm³/mol. The number of piperidine rings is 1. The lowest BCUT2D eigenvalue weighted by Crippen LogP contribution is -2.42. The molecule has 0 N–H and O–H groups in total. The van der Waals surface area contributed by atoms with Crippen LogP contribution >= 0.6 is 11.8 Å². The van der Waals surface area contributed by atoms with Gasteiger partial charge < -0.3 is 4.90 Å². The van der Waals surface area contributed by atoms with Crippen LogP contribution in [0, 0.1) is 6.92 Å². The second-order valence-corrected chi connectivity index (χ2v) is 7.29. The Morgan fingerprint density at radius 3 is 2.54 bits per heavy atom. The molecule has 0 aliphatic carbocycles. The first-order chi connectivity index (χ1) is 11.6. The van der Waals surface area contributed by atoms with Crippen molar-refractivity contribution in [2.24, 2.45) is 0 Å².